The van der Waals surface area contributed by atoms with Crippen LogP contribution in [0.5, 0.6) is 0 Å². The first-order valence-corrected chi connectivity index (χ1v) is 7.20. The maximum absolute atomic E-state index is 8.69. The van der Waals surface area contributed by atoms with Crippen molar-refractivity contribution in [3.05, 3.63) is 23.4 Å². The second-order valence-corrected chi connectivity index (χ2v) is 5.51. The molecule has 1 aliphatic carbocycles. The first kappa shape index (κ1) is 12.4. The Morgan fingerprint density at radius 1 is 1.32 bits per heavy atom. The number of hydrogen-bond donors (Lipinski definition) is 1. The molecule has 2 heterocycles. The molecule has 0 amide bonds. The van der Waals surface area contributed by atoms with E-state index in [4.69, 9.17) is 10.2 Å². The lowest BCUT2D eigenvalue weighted by atomic mass is 10.1. The number of pyridine rings is 1. The number of aromatic nitrogens is 1. The summed E-state index contributed by atoms with van der Waals surface area (Å²) in [7, 11) is 0. The maximum atomic E-state index is 8.69. The highest BCUT2D eigenvalue weighted by Crippen LogP contribution is 2.23. The highest BCUT2D eigenvalue weighted by molar-refractivity contribution is 5.41. The molecule has 0 aromatic carbocycles. The standard InChI is InChI=1S/C15H20N4/c16-8-11-19-9-6-13(7-10-19)17-15-5-4-12-2-1-3-14(12)18-15/h4-5,13H,1-3,6-7,9-11H2,(H,17,18). The molecule has 3 rings (SSSR count). The van der Waals surface area contributed by atoms with Gasteiger partial charge in [0, 0.05) is 24.8 Å². The van der Waals surface area contributed by atoms with Gasteiger partial charge in [0.1, 0.15) is 5.82 Å². The van der Waals surface area contributed by atoms with Crippen LogP contribution in [-0.2, 0) is 12.8 Å². The van der Waals surface area contributed by atoms with Gasteiger partial charge in [0.2, 0.25) is 0 Å². The number of rotatable bonds is 3. The Balaban J connectivity index is 1.56. The van der Waals surface area contributed by atoms with E-state index in [0.29, 0.717) is 12.6 Å². The number of anilines is 1. The number of aryl methyl sites for hydroxylation is 2. The zero-order valence-corrected chi connectivity index (χ0v) is 11.2. The van der Waals surface area contributed by atoms with Gasteiger partial charge in [-0.25, -0.2) is 4.98 Å². The van der Waals surface area contributed by atoms with Crippen LogP contribution in [0, 0.1) is 11.3 Å². The number of hydrogen-bond acceptors (Lipinski definition) is 4. The summed E-state index contributed by atoms with van der Waals surface area (Å²) in [6.07, 6.45) is 5.76. The second-order valence-electron chi connectivity index (χ2n) is 5.51. The zero-order valence-electron chi connectivity index (χ0n) is 11.2. The molecular weight excluding hydrogens is 236 g/mol. The molecule has 1 N–H and O–H groups in total. The normalized spacial score (nSPS) is 19.9. The third-order valence-corrected chi connectivity index (χ3v) is 4.16. The van der Waals surface area contributed by atoms with Crippen molar-refractivity contribution in [1.82, 2.24) is 9.88 Å². The van der Waals surface area contributed by atoms with Crippen LogP contribution in [0.15, 0.2) is 12.1 Å². The molecule has 0 bridgehead atoms. The summed E-state index contributed by atoms with van der Waals surface area (Å²) >= 11 is 0. The molecule has 4 nitrogen and oxygen atoms in total. The topological polar surface area (TPSA) is 52.0 Å². The Morgan fingerprint density at radius 3 is 2.95 bits per heavy atom. The monoisotopic (exact) mass is 256 g/mol. The lowest BCUT2D eigenvalue weighted by molar-refractivity contribution is 0.242. The van der Waals surface area contributed by atoms with Crippen LogP contribution >= 0.6 is 0 Å². The summed E-state index contributed by atoms with van der Waals surface area (Å²) in [4.78, 5) is 6.94. The molecule has 1 fully saturated rings. The molecular formula is C15H20N4. The molecule has 0 radical (unpaired) electrons. The van der Waals surface area contributed by atoms with Crippen LogP contribution in [0.3, 0.4) is 0 Å². The van der Waals surface area contributed by atoms with E-state index in [9.17, 15) is 0 Å². The molecule has 0 atom stereocenters. The van der Waals surface area contributed by atoms with Gasteiger partial charge in [-0.05, 0) is 43.7 Å². The van der Waals surface area contributed by atoms with Crippen molar-refractivity contribution in [2.45, 2.75) is 38.1 Å². The Bertz CT molecular complexity index is 483. The van der Waals surface area contributed by atoms with Gasteiger partial charge in [0.05, 0.1) is 12.6 Å². The Labute approximate surface area is 114 Å². The number of nitriles is 1. The molecule has 2 aliphatic rings. The van der Waals surface area contributed by atoms with Gasteiger partial charge in [-0.1, -0.05) is 6.07 Å². The van der Waals surface area contributed by atoms with E-state index in [-0.39, 0.29) is 0 Å². The summed E-state index contributed by atoms with van der Waals surface area (Å²) < 4.78 is 0. The third kappa shape index (κ3) is 2.87. The van der Waals surface area contributed by atoms with E-state index < -0.39 is 0 Å². The van der Waals surface area contributed by atoms with Crippen LogP contribution in [0.1, 0.15) is 30.5 Å². The molecule has 1 aromatic heterocycles. The molecule has 0 spiro atoms. The van der Waals surface area contributed by atoms with Crippen molar-refractivity contribution in [3.63, 3.8) is 0 Å². The van der Waals surface area contributed by atoms with E-state index in [1.807, 2.05) is 0 Å². The summed E-state index contributed by atoms with van der Waals surface area (Å²) in [5.74, 6) is 1.03. The van der Waals surface area contributed by atoms with Crippen molar-refractivity contribution < 1.29 is 0 Å². The largest absolute Gasteiger partial charge is 0.367 e. The van der Waals surface area contributed by atoms with Gasteiger partial charge in [-0.15, -0.1) is 0 Å². The minimum Gasteiger partial charge on any atom is -0.367 e. The molecule has 19 heavy (non-hydrogen) atoms. The van der Waals surface area contributed by atoms with Gasteiger partial charge in [-0.3, -0.25) is 4.90 Å². The minimum absolute atomic E-state index is 0.502. The molecule has 4 heteroatoms. The van der Waals surface area contributed by atoms with Gasteiger partial charge in [0.15, 0.2) is 0 Å². The van der Waals surface area contributed by atoms with Gasteiger partial charge in [-0.2, -0.15) is 5.26 Å². The molecule has 100 valence electrons. The van der Waals surface area contributed by atoms with Gasteiger partial charge >= 0.3 is 0 Å². The fraction of sp³-hybridized carbons (Fsp3) is 0.600. The number of nitrogens with one attached hydrogen (secondary N) is 1. The van der Waals surface area contributed by atoms with Crippen molar-refractivity contribution in [2.75, 3.05) is 25.0 Å². The van der Waals surface area contributed by atoms with Crippen molar-refractivity contribution in [2.24, 2.45) is 0 Å². The molecule has 1 aromatic rings. The lowest BCUT2D eigenvalue weighted by Gasteiger charge is -2.31. The van der Waals surface area contributed by atoms with E-state index in [2.05, 4.69) is 28.4 Å². The van der Waals surface area contributed by atoms with Crippen LogP contribution in [-0.4, -0.2) is 35.6 Å². The van der Waals surface area contributed by atoms with E-state index >= 15 is 0 Å². The van der Waals surface area contributed by atoms with Crippen molar-refractivity contribution in [3.8, 4) is 6.07 Å². The Hall–Kier alpha value is -1.60. The fourth-order valence-electron chi connectivity index (χ4n) is 3.05. The summed E-state index contributed by atoms with van der Waals surface area (Å²) in [5, 5.41) is 12.2. The highest BCUT2D eigenvalue weighted by Gasteiger charge is 2.19. The Kier molecular flexibility index (Phi) is 3.65. The average molecular weight is 256 g/mol. The predicted octanol–water partition coefficient (Wildman–Crippen LogP) is 1.97. The number of likely N-dealkylation sites (tertiary alicyclic amines) is 1. The van der Waals surface area contributed by atoms with Crippen LogP contribution in [0.2, 0.25) is 0 Å². The summed E-state index contributed by atoms with van der Waals surface area (Å²) in [6.45, 7) is 2.58. The van der Waals surface area contributed by atoms with E-state index in [0.717, 1.165) is 38.2 Å². The molecule has 1 aliphatic heterocycles. The van der Waals surface area contributed by atoms with Crippen molar-refractivity contribution >= 4 is 5.82 Å². The molecule has 0 unspecified atom stereocenters. The highest BCUT2D eigenvalue weighted by atomic mass is 15.1. The van der Waals surface area contributed by atoms with Gasteiger partial charge < -0.3 is 5.32 Å². The zero-order chi connectivity index (χ0) is 13.1. The fourth-order valence-corrected chi connectivity index (χ4v) is 3.05. The SMILES string of the molecule is N#CCN1CCC(Nc2ccc3c(n2)CCC3)CC1. The quantitative estimate of drug-likeness (QED) is 0.840. The van der Waals surface area contributed by atoms with Crippen LogP contribution in [0.4, 0.5) is 5.82 Å². The first-order valence-electron chi connectivity index (χ1n) is 7.20. The summed E-state index contributed by atoms with van der Waals surface area (Å²) in [6, 6.07) is 7.07. The lowest BCUT2D eigenvalue weighted by Crippen LogP contribution is -2.39. The van der Waals surface area contributed by atoms with Crippen LogP contribution in [0.25, 0.3) is 0 Å². The van der Waals surface area contributed by atoms with Gasteiger partial charge in [0.25, 0.3) is 0 Å². The summed E-state index contributed by atoms with van der Waals surface area (Å²) in [5.41, 5.74) is 2.71. The number of nitrogens with zero attached hydrogens (tertiary/aromatic N) is 3. The Morgan fingerprint density at radius 2 is 2.16 bits per heavy atom. The predicted molar refractivity (Wildman–Crippen MR) is 75.0 cm³/mol. The number of piperidine rings is 1. The van der Waals surface area contributed by atoms with E-state index in [1.165, 1.54) is 24.1 Å². The molecule has 0 saturated carbocycles. The smallest absolute Gasteiger partial charge is 0.126 e. The average Bonchev–Trinajstić information content (AvgIpc) is 2.89. The third-order valence-electron chi connectivity index (χ3n) is 4.16. The van der Waals surface area contributed by atoms with Crippen molar-refractivity contribution in [1.29, 1.82) is 5.26 Å². The molecule has 1 saturated heterocycles. The van der Waals surface area contributed by atoms with Crippen LogP contribution < -0.4 is 5.32 Å². The maximum Gasteiger partial charge on any atom is 0.126 e. The van der Waals surface area contributed by atoms with E-state index in [1.54, 1.807) is 0 Å². The first-order chi connectivity index (χ1) is 9.35. The minimum atomic E-state index is 0.502. The number of fused-ring (bicyclic) bond motifs is 1. The second kappa shape index (κ2) is 5.58.